The van der Waals surface area contributed by atoms with Crippen LogP contribution in [0.4, 0.5) is 14.5 Å². The number of fused-ring (bicyclic) bond motifs is 1. The molecule has 2 heterocycles. The van der Waals surface area contributed by atoms with Gasteiger partial charge < -0.3 is 14.4 Å². The van der Waals surface area contributed by atoms with Crippen molar-refractivity contribution < 1.29 is 18.3 Å². The van der Waals surface area contributed by atoms with Crippen LogP contribution in [0, 0.1) is 0 Å². The van der Waals surface area contributed by atoms with Gasteiger partial charge >= 0.3 is 6.05 Å². The molecule has 1 aromatic carbocycles. The summed E-state index contributed by atoms with van der Waals surface area (Å²) in [6.07, 6.45) is 0. The largest absolute Gasteiger partial charge is 0.486 e. The molecule has 0 radical (unpaired) electrons. The fourth-order valence-electron chi connectivity index (χ4n) is 2.26. The molecule has 1 saturated heterocycles. The number of piperazine rings is 1. The van der Waals surface area contributed by atoms with Crippen LogP contribution in [-0.2, 0) is 0 Å². The number of hydrogen-bond acceptors (Lipinski definition) is 4. The molecular weight excluding hydrogens is 242 g/mol. The smallest absolute Gasteiger partial charge is 0.319 e. The van der Waals surface area contributed by atoms with Gasteiger partial charge in [0.05, 0.1) is 12.2 Å². The minimum atomic E-state index is -2.86. The van der Waals surface area contributed by atoms with E-state index in [1.54, 1.807) is 23.1 Å². The molecule has 1 N–H and O–H groups in total. The molecule has 2 aliphatic rings. The van der Waals surface area contributed by atoms with E-state index in [4.69, 9.17) is 9.47 Å². The number of benzene rings is 1. The molecule has 1 fully saturated rings. The molecule has 0 spiro atoms. The zero-order valence-electron chi connectivity index (χ0n) is 9.79. The highest BCUT2D eigenvalue weighted by Gasteiger charge is 2.36. The van der Waals surface area contributed by atoms with E-state index >= 15 is 0 Å². The molecule has 0 bridgehead atoms. The molecule has 2 aliphatic heterocycles. The van der Waals surface area contributed by atoms with E-state index in [2.05, 4.69) is 5.32 Å². The monoisotopic (exact) mass is 256 g/mol. The van der Waals surface area contributed by atoms with Crippen LogP contribution in [-0.4, -0.2) is 38.9 Å². The third kappa shape index (κ3) is 2.08. The maximum absolute atomic E-state index is 13.3. The fraction of sp³-hybridized carbons (Fsp3) is 0.500. The molecule has 0 aliphatic carbocycles. The van der Waals surface area contributed by atoms with Crippen LogP contribution in [0.5, 0.6) is 11.5 Å². The molecule has 0 aromatic heterocycles. The van der Waals surface area contributed by atoms with Gasteiger partial charge in [0.2, 0.25) is 0 Å². The Balaban J connectivity index is 1.92. The standard InChI is InChI=1S/C12H14F2N2O2/c13-12(14)8-16(5-4-15-12)9-2-1-3-10-11(9)18-7-6-17-10/h1-3,15H,4-8H2. The second-order valence-corrected chi connectivity index (χ2v) is 4.35. The molecule has 4 nitrogen and oxygen atoms in total. The van der Waals surface area contributed by atoms with Gasteiger partial charge in [-0.1, -0.05) is 6.07 Å². The number of rotatable bonds is 1. The van der Waals surface area contributed by atoms with Crippen LogP contribution in [0.25, 0.3) is 0 Å². The molecule has 3 rings (SSSR count). The molecule has 0 unspecified atom stereocenters. The Morgan fingerprint density at radius 2 is 2.06 bits per heavy atom. The third-order valence-corrected chi connectivity index (χ3v) is 3.04. The van der Waals surface area contributed by atoms with Crippen LogP contribution < -0.4 is 19.7 Å². The molecule has 0 amide bonds. The van der Waals surface area contributed by atoms with Crippen molar-refractivity contribution in [2.24, 2.45) is 0 Å². The average Bonchev–Trinajstić information content (AvgIpc) is 2.37. The van der Waals surface area contributed by atoms with Crippen LogP contribution in [0.2, 0.25) is 0 Å². The van der Waals surface area contributed by atoms with E-state index < -0.39 is 6.05 Å². The predicted octanol–water partition coefficient (Wildman–Crippen LogP) is 1.46. The maximum Gasteiger partial charge on any atom is 0.319 e. The highest BCUT2D eigenvalue weighted by atomic mass is 19.3. The molecule has 98 valence electrons. The van der Waals surface area contributed by atoms with Crippen LogP contribution >= 0.6 is 0 Å². The minimum absolute atomic E-state index is 0.248. The van der Waals surface area contributed by atoms with Crippen molar-refractivity contribution in [1.29, 1.82) is 0 Å². The van der Waals surface area contributed by atoms with Gasteiger partial charge in [-0.3, -0.25) is 5.32 Å². The van der Waals surface area contributed by atoms with E-state index in [0.717, 1.165) is 0 Å². The van der Waals surface area contributed by atoms with Gasteiger partial charge in [-0.2, -0.15) is 8.78 Å². The number of hydrogen-bond donors (Lipinski definition) is 1. The second-order valence-electron chi connectivity index (χ2n) is 4.35. The highest BCUT2D eigenvalue weighted by molar-refractivity contribution is 5.65. The van der Waals surface area contributed by atoms with Crippen molar-refractivity contribution in [3.63, 3.8) is 0 Å². The van der Waals surface area contributed by atoms with Crippen molar-refractivity contribution >= 4 is 5.69 Å². The number of para-hydroxylation sites is 1. The Morgan fingerprint density at radius 1 is 1.22 bits per heavy atom. The first-order valence-electron chi connectivity index (χ1n) is 5.92. The lowest BCUT2D eigenvalue weighted by Crippen LogP contribution is -2.55. The summed E-state index contributed by atoms with van der Waals surface area (Å²) in [7, 11) is 0. The van der Waals surface area contributed by atoms with E-state index in [0.29, 0.717) is 36.9 Å². The second kappa shape index (κ2) is 4.28. The summed E-state index contributed by atoms with van der Waals surface area (Å²) in [5.41, 5.74) is 0.674. The Bertz CT molecular complexity index is 454. The first kappa shape index (κ1) is 11.5. The third-order valence-electron chi connectivity index (χ3n) is 3.04. The van der Waals surface area contributed by atoms with Gasteiger partial charge in [0.15, 0.2) is 11.5 Å². The van der Waals surface area contributed by atoms with Crippen LogP contribution in [0.1, 0.15) is 0 Å². The average molecular weight is 256 g/mol. The predicted molar refractivity (Wildman–Crippen MR) is 62.6 cm³/mol. The van der Waals surface area contributed by atoms with Gasteiger partial charge in [0.25, 0.3) is 0 Å². The van der Waals surface area contributed by atoms with E-state index in [1.807, 2.05) is 0 Å². The van der Waals surface area contributed by atoms with E-state index in [-0.39, 0.29) is 13.1 Å². The van der Waals surface area contributed by atoms with Gasteiger partial charge in [0, 0.05) is 13.1 Å². The zero-order chi connectivity index (χ0) is 12.6. The summed E-state index contributed by atoms with van der Waals surface area (Å²) >= 11 is 0. The Morgan fingerprint density at radius 3 is 2.89 bits per heavy atom. The van der Waals surface area contributed by atoms with E-state index in [1.165, 1.54) is 0 Å². The minimum Gasteiger partial charge on any atom is -0.486 e. The summed E-state index contributed by atoms with van der Waals surface area (Å²) in [5.74, 6) is 1.20. The Labute approximate surface area is 103 Å². The lowest BCUT2D eigenvalue weighted by Gasteiger charge is -2.36. The van der Waals surface area contributed by atoms with Crippen molar-refractivity contribution in [3.8, 4) is 11.5 Å². The number of anilines is 1. The van der Waals surface area contributed by atoms with Crippen LogP contribution in [0.15, 0.2) is 18.2 Å². The lowest BCUT2D eigenvalue weighted by atomic mass is 10.2. The fourth-order valence-corrected chi connectivity index (χ4v) is 2.26. The Hall–Kier alpha value is -1.56. The van der Waals surface area contributed by atoms with E-state index in [9.17, 15) is 8.78 Å². The van der Waals surface area contributed by atoms with Gasteiger partial charge in [-0.15, -0.1) is 0 Å². The number of ether oxygens (including phenoxy) is 2. The molecule has 1 aromatic rings. The van der Waals surface area contributed by atoms with Crippen molar-refractivity contribution in [2.75, 3.05) is 37.7 Å². The summed E-state index contributed by atoms with van der Waals surface area (Å²) < 4.78 is 37.7. The van der Waals surface area contributed by atoms with Gasteiger partial charge in [-0.05, 0) is 12.1 Å². The van der Waals surface area contributed by atoms with Gasteiger partial charge in [-0.25, -0.2) is 0 Å². The SMILES string of the molecule is FC1(F)CN(c2cccc3c2OCCO3)CCN1. The number of nitrogens with one attached hydrogen (secondary N) is 1. The molecule has 18 heavy (non-hydrogen) atoms. The molecule has 0 saturated carbocycles. The quantitative estimate of drug-likeness (QED) is 0.771. The highest BCUT2D eigenvalue weighted by Crippen LogP contribution is 2.40. The van der Waals surface area contributed by atoms with Crippen molar-refractivity contribution in [2.45, 2.75) is 6.05 Å². The molecular formula is C12H14F2N2O2. The normalized spacial score (nSPS) is 21.8. The summed E-state index contributed by atoms with van der Waals surface area (Å²) in [6.45, 7) is 1.36. The summed E-state index contributed by atoms with van der Waals surface area (Å²) in [4.78, 5) is 1.63. The Kier molecular flexibility index (Phi) is 2.74. The van der Waals surface area contributed by atoms with Crippen LogP contribution in [0.3, 0.4) is 0 Å². The maximum atomic E-state index is 13.3. The number of alkyl halides is 2. The lowest BCUT2D eigenvalue weighted by molar-refractivity contribution is -0.0357. The first-order valence-corrected chi connectivity index (χ1v) is 5.92. The molecule has 6 heteroatoms. The van der Waals surface area contributed by atoms with Gasteiger partial charge in [0.1, 0.15) is 13.2 Å². The zero-order valence-corrected chi connectivity index (χ0v) is 9.79. The summed E-state index contributed by atoms with van der Waals surface area (Å²) in [6, 6.07) is 2.51. The number of halogens is 2. The number of nitrogens with zero attached hydrogens (tertiary/aromatic N) is 1. The molecule has 0 atom stereocenters. The van der Waals surface area contributed by atoms with Crippen molar-refractivity contribution in [1.82, 2.24) is 5.32 Å². The first-order chi connectivity index (χ1) is 8.66. The topological polar surface area (TPSA) is 33.7 Å². The summed E-state index contributed by atoms with van der Waals surface area (Å²) in [5, 5.41) is 2.19. The van der Waals surface area contributed by atoms with Crippen molar-refractivity contribution in [3.05, 3.63) is 18.2 Å².